The van der Waals surface area contributed by atoms with Gasteiger partial charge in [-0.3, -0.25) is 4.79 Å². The van der Waals surface area contributed by atoms with Crippen LogP contribution in [-0.4, -0.2) is 25.1 Å². The maximum atomic E-state index is 13.2. The number of carbonyl (C=O) groups is 2. The summed E-state index contributed by atoms with van der Waals surface area (Å²) < 4.78 is 36.2. The van der Waals surface area contributed by atoms with E-state index in [0.29, 0.717) is 30.2 Å². The Kier molecular flexibility index (Phi) is 6.30. The van der Waals surface area contributed by atoms with E-state index in [1.54, 1.807) is 24.3 Å². The first-order chi connectivity index (χ1) is 11.9. The van der Waals surface area contributed by atoms with Crippen molar-refractivity contribution in [1.82, 2.24) is 0 Å². The third kappa shape index (κ3) is 5.15. The number of nitrogens with one attached hydrogen (secondary N) is 1. The maximum Gasteiger partial charge on any atom is 0.340 e. The summed E-state index contributed by atoms with van der Waals surface area (Å²) in [6.07, 6.45) is 0. The number of esters is 1. The summed E-state index contributed by atoms with van der Waals surface area (Å²) in [5, 5.41) is 2.20. The lowest BCUT2D eigenvalue weighted by Gasteiger charge is -2.09. The average molecular weight is 370 g/mol. The number of anilines is 1. The fourth-order valence-electron chi connectivity index (χ4n) is 1.89. The minimum Gasteiger partial charge on any atom is -0.494 e. The Morgan fingerprint density at radius 2 is 1.76 bits per heavy atom. The molecule has 1 amide bonds. The number of halogens is 3. The molecule has 2 aromatic carbocycles. The van der Waals surface area contributed by atoms with Crippen molar-refractivity contribution in [2.24, 2.45) is 0 Å². The van der Waals surface area contributed by atoms with Crippen molar-refractivity contribution in [1.29, 1.82) is 0 Å². The van der Waals surface area contributed by atoms with Gasteiger partial charge in [-0.2, -0.15) is 0 Å². The van der Waals surface area contributed by atoms with E-state index >= 15 is 0 Å². The molecule has 8 heteroatoms. The molecule has 0 radical (unpaired) electrons. The van der Waals surface area contributed by atoms with Gasteiger partial charge in [0.25, 0.3) is 5.91 Å². The van der Waals surface area contributed by atoms with Crippen LogP contribution in [0.5, 0.6) is 5.75 Å². The van der Waals surface area contributed by atoms with Gasteiger partial charge in [-0.15, -0.1) is 0 Å². The van der Waals surface area contributed by atoms with Crippen LogP contribution in [-0.2, 0) is 9.53 Å². The lowest BCUT2D eigenvalue weighted by atomic mass is 10.2. The van der Waals surface area contributed by atoms with Gasteiger partial charge in [-0.05, 0) is 43.3 Å². The molecule has 2 aromatic rings. The van der Waals surface area contributed by atoms with Gasteiger partial charge in [0.2, 0.25) is 0 Å². The summed E-state index contributed by atoms with van der Waals surface area (Å²) in [7, 11) is 0. The van der Waals surface area contributed by atoms with E-state index in [-0.39, 0.29) is 10.6 Å². The van der Waals surface area contributed by atoms with E-state index in [4.69, 9.17) is 21.1 Å². The van der Waals surface area contributed by atoms with Crippen LogP contribution < -0.4 is 10.1 Å². The maximum absolute atomic E-state index is 13.2. The predicted molar refractivity (Wildman–Crippen MR) is 87.9 cm³/mol. The molecule has 0 saturated carbocycles. The van der Waals surface area contributed by atoms with Crippen LogP contribution in [0.15, 0.2) is 36.4 Å². The Morgan fingerprint density at radius 1 is 1.12 bits per heavy atom. The van der Waals surface area contributed by atoms with Crippen LogP contribution in [0, 0.1) is 11.6 Å². The largest absolute Gasteiger partial charge is 0.494 e. The Labute approximate surface area is 147 Å². The minimum atomic E-state index is -1.24. The zero-order valence-electron chi connectivity index (χ0n) is 13.1. The van der Waals surface area contributed by atoms with Gasteiger partial charge in [0.05, 0.1) is 17.2 Å². The SMILES string of the molecule is CCOc1ccc(NC(=O)COC(=O)c2cc(F)c(F)cc2Cl)cc1. The molecular weight excluding hydrogens is 356 g/mol. The van der Waals surface area contributed by atoms with Gasteiger partial charge < -0.3 is 14.8 Å². The molecule has 2 rings (SSSR count). The quantitative estimate of drug-likeness (QED) is 0.621. The number of ether oxygens (including phenoxy) is 2. The number of amides is 1. The molecule has 0 aliphatic rings. The van der Waals surface area contributed by atoms with Crippen LogP contribution in [0.3, 0.4) is 0 Å². The molecule has 0 aliphatic carbocycles. The topological polar surface area (TPSA) is 64.6 Å². The second kappa shape index (κ2) is 8.43. The van der Waals surface area contributed by atoms with E-state index in [2.05, 4.69) is 5.32 Å². The molecule has 0 atom stereocenters. The van der Waals surface area contributed by atoms with Crippen molar-refractivity contribution in [3.63, 3.8) is 0 Å². The summed E-state index contributed by atoms with van der Waals surface area (Å²) in [6.45, 7) is 1.76. The van der Waals surface area contributed by atoms with Gasteiger partial charge in [0.15, 0.2) is 18.2 Å². The van der Waals surface area contributed by atoms with E-state index in [9.17, 15) is 18.4 Å². The third-order valence-electron chi connectivity index (χ3n) is 3.01. The molecule has 5 nitrogen and oxygen atoms in total. The van der Waals surface area contributed by atoms with E-state index in [0.717, 1.165) is 0 Å². The van der Waals surface area contributed by atoms with Gasteiger partial charge in [0.1, 0.15) is 5.75 Å². The van der Waals surface area contributed by atoms with E-state index in [1.807, 2.05) is 6.92 Å². The van der Waals surface area contributed by atoms with Crippen LogP contribution in [0.2, 0.25) is 5.02 Å². The predicted octanol–water partition coefficient (Wildman–Crippen LogP) is 3.81. The first-order valence-electron chi connectivity index (χ1n) is 7.25. The lowest BCUT2D eigenvalue weighted by molar-refractivity contribution is -0.119. The molecule has 0 aromatic heterocycles. The van der Waals surface area contributed by atoms with E-state index < -0.39 is 30.1 Å². The zero-order chi connectivity index (χ0) is 18.4. The average Bonchev–Trinajstić information content (AvgIpc) is 2.58. The summed E-state index contributed by atoms with van der Waals surface area (Å²) >= 11 is 5.66. The van der Waals surface area contributed by atoms with Crippen LogP contribution in [0.25, 0.3) is 0 Å². The first kappa shape index (κ1) is 18.7. The highest BCUT2D eigenvalue weighted by molar-refractivity contribution is 6.33. The summed E-state index contributed by atoms with van der Waals surface area (Å²) in [4.78, 5) is 23.6. The number of rotatable bonds is 6. The molecule has 0 fully saturated rings. The highest BCUT2D eigenvalue weighted by Gasteiger charge is 2.17. The summed E-state index contributed by atoms with van der Waals surface area (Å²) in [6, 6.07) is 7.87. The molecule has 0 saturated heterocycles. The standard InChI is InChI=1S/C17H14ClF2NO4/c1-2-24-11-5-3-10(4-6-11)21-16(22)9-25-17(23)12-7-14(19)15(20)8-13(12)18/h3-8H,2,9H2,1H3,(H,21,22). The molecule has 0 bridgehead atoms. The molecule has 0 aliphatic heterocycles. The minimum absolute atomic E-state index is 0.309. The molecular formula is C17H14ClF2NO4. The van der Waals surface area contributed by atoms with Gasteiger partial charge in [0, 0.05) is 5.69 Å². The summed E-state index contributed by atoms with van der Waals surface area (Å²) in [5.41, 5.74) is 0.116. The molecule has 25 heavy (non-hydrogen) atoms. The van der Waals surface area contributed by atoms with Gasteiger partial charge in [-0.1, -0.05) is 11.6 Å². The molecule has 0 heterocycles. The fourth-order valence-corrected chi connectivity index (χ4v) is 2.11. The smallest absolute Gasteiger partial charge is 0.340 e. The van der Waals surface area contributed by atoms with Gasteiger partial charge in [-0.25, -0.2) is 13.6 Å². The van der Waals surface area contributed by atoms with Crippen molar-refractivity contribution in [2.45, 2.75) is 6.92 Å². The number of benzene rings is 2. The van der Waals surface area contributed by atoms with Crippen molar-refractivity contribution >= 4 is 29.2 Å². The number of hydrogen-bond acceptors (Lipinski definition) is 4. The van der Waals surface area contributed by atoms with Crippen molar-refractivity contribution in [2.75, 3.05) is 18.5 Å². The second-order valence-corrected chi connectivity index (χ2v) is 5.24. The van der Waals surface area contributed by atoms with Crippen LogP contribution in [0.1, 0.15) is 17.3 Å². The molecule has 0 spiro atoms. The Bertz CT molecular complexity index is 781. The Morgan fingerprint density at radius 3 is 2.40 bits per heavy atom. The highest BCUT2D eigenvalue weighted by atomic mass is 35.5. The first-order valence-corrected chi connectivity index (χ1v) is 7.63. The molecule has 132 valence electrons. The Hall–Kier alpha value is -2.67. The highest BCUT2D eigenvalue weighted by Crippen LogP contribution is 2.21. The Balaban J connectivity index is 1.91. The van der Waals surface area contributed by atoms with Crippen molar-refractivity contribution in [3.05, 3.63) is 58.6 Å². The van der Waals surface area contributed by atoms with Crippen LogP contribution >= 0.6 is 11.6 Å². The zero-order valence-corrected chi connectivity index (χ0v) is 13.9. The molecule has 0 unspecified atom stereocenters. The number of hydrogen-bond donors (Lipinski definition) is 1. The van der Waals surface area contributed by atoms with Gasteiger partial charge >= 0.3 is 5.97 Å². The summed E-state index contributed by atoms with van der Waals surface area (Å²) in [5.74, 6) is -3.41. The fraction of sp³-hybridized carbons (Fsp3) is 0.176. The lowest BCUT2D eigenvalue weighted by Crippen LogP contribution is -2.21. The molecule has 1 N–H and O–H groups in total. The number of carbonyl (C=O) groups excluding carboxylic acids is 2. The second-order valence-electron chi connectivity index (χ2n) is 4.83. The van der Waals surface area contributed by atoms with Crippen molar-refractivity contribution < 1.29 is 27.8 Å². The van der Waals surface area contributed by atoms with E-state index in [1.165, 1.54) is 0 Å². The van der Waals surface area contributed by atoms with Crippen molar-refractivity contribution in [3.8, 4) is 5.75 Å². The normalized spacial score (nSPS) is 10.2. The van der Waals surface area contributed by atoms with Crippen LogP contribution in [0.4, 0.5) is 14.5 Å². The monoisotopic (exact) mass is 369 g/mol. The third-order valence-corrected chi connectivity index (χ3v) is 3.33.